The van der Waals surface area contributed by atoms with E-state index in [0.717, 1.165) is 36.6 Å². The predicted molar refractivity (Wildman–Crippen MR) is 117 cm³/mol. The highest BCUT2D eigenvalue weighted by Crippen LogP contribution is 2.24. The first-order valence-corrected chi connectivity index (χ1v) is 11.1. The van der Waals surface area contributed by atoms with Crippen molar-refractivity contribution in [2.24, 2.45) is 5.92 Å². The molecule has 1 saturated carbocycles. The minimum atomic E-state index is -0.697. The molecule has 10 heteroatoms. The first-order valence-electron chi connectivity index (χ1n) is 11.1. The molecule has 172 valence electrons. The van der Waals surface area contributed by atoms with Crippen LogP contribution in [0.1, 0.15) is 61.9 Å². The molecule has 0 bridgehead atoms. The van der Waals surface area contributed by atoms with Crippen LogP contribution in [0.3, 0.4) is 0 Å². The highest BCUT2D eigenvalue weighted by atomic mass is 16.7. The highest BCUT2D eigenvalue weighted by molar-refractivity contribution is 5.97. The topological polar surface area (TPSA) is 118 Å². The van der Waals surface area contributed by atoms with Crippen LogP contribution in [0.2, 0.25) is 0 Å². The molecule has 2 N–H and O–H groups in total. The summed E-state index contributed by atoms with van der Waals surface area (Å²) in [5, 5.41) is 19.2. The van der Waals surface area contributed by atoms with Crippen LogP contribution in [0, 0.1) is 5.92 Å². The molecule has 3 heterocycles. The summed E-state index contributed by atoms with van der Waals surface area (Å²) in [5.74, 6) is -1.18. The molecule has 1 saturated heterocycles. The van der Waals surface area contributed by atoms with Gasteiger partial charge in [0, 0.05) is 30.8 Å². The highest BCUT2D eigenvalue weighted by Gasteiger charge is 2.30. The third kappa shape index (κ3) is 4.55. The average molecular weight is 444 g/mol. The second-order valence-corrected chi connectivity index (χ2v) is 8.76. The maximum Gasteiger partial charge on any atom is 0.291 e. The lowest BCUT2D eigenvalue weighted by Crippen LogP contribution is -2.34. The number of nitrogens with one attached hydrogen (secondary N) is 1. The molecule has 0 radical (unpaired) electrons. The zero-order valence-corrected chi connectivity index (χ0v) is 18.4. The van der Waals surface area contributed by atoms with Crippen molar-refractivity contribution in [1.29, 1.82) is 0 Å². The number of nitrogens with zero attached hydrogens (tertiary/aromatic N) is 4. The van der Waals surface area contributed by atoms with E-state index < -0.39 is 17.3 Å². The largest absolute Gasteiger partial charge is 0.494 e. The van der Waals surface area contributed by atoms with Gasteiger partial charge in [-0.15, -0.1) is 0 Å². The maximum absolute atomic E-state index is 13.0. The molecule has 4 rings (SSSR count). The van der Waals surface area contributed by atoms with Gasteiger partial charge in [-0.05, 0) is 44.1 Å². The van der Waals surface area contributed by atoms with Gasteiger partial charge in [-0.25, -0.2) is 5.06 Å². The summed E-state index contributed by atoms with van der Waals surface area (Å²) in [6, 6.07) is 0.0406. The molecule has 2 amide bonds. The van der Waals surface area contributed by atoms with Gasteiger partial charge in [0.15, 0.2) is 5.56 Å². The number of hydroxylamine groups is 2. The summed E-state index contributed by atoms with van der Waals surface area (Å²) in [6.45, 7) is 5.31. The fraction of sp³-hybridized carbons (Fsp3) is 0.545. The van der Waals surface area contributed by atoms with Gasteiger partial charge in [-0.1, -0.05) is 13.8 Å². The Kier molecular flexibility index (Phi) is 6.31. The molecule has 32 heavy (non-hydrogen) atoms. The summed E-state index contributed by atoms with van der Waals surface area (Å²) >= 11 is 0. The number of carbonyl (C=O) groups is 2. The average Bonchev–Trinajstić information content (AvgIpc) is 3.51. The number of rotatable bonds is 6. The smallest absolute Gasteiger partial charge is 0.291 e. The van der Waals surface area contributed by atoms with Crippen LogP contribution in [-0.4, -0.2) is 55.4 Å². The number of amides is 2. The number of fused-ring (bicyclic) bond motifs is 1. The Balaban J connectivity index is 1.73. The molecule has 2 aromatic heterocycles. The van der Waals surface area contributed by atoms with E-state index in [-0.39, 0.29) is 23.4 Å². The molecular formula is C22H29N5O5. The molecular weight excluding hydrogens is 414 g/mol. The van der Waals surface area contributed by atoms with Gasteiger partial charge in [0.1, 0.15) is 5.65 Å². The number of hydrogen-bond acceptors (Lipinski definition) is 6. The van der Waals surface area contributed by atoms with Gasteiger partial charge in [0.05, 0.1) is 12.8 Å². The summed E-state index contributed by atoms with van der Waals surface area (Å²) in [6.07, 6.45) is 8.90. The van der Waals surface area contributed by atoms with Crippen molar-refractivity contribution in [3.63, 3.8) is 0 Å². The number of hydrogen-bond donors (Lipinski definition) is 2. The fourth-order valence-electron chi connectivity index (χ4n) is 3.74. The first kappa shape index (κ1) is 22.1. The van der Waals surface area contributed by atoms with Crippen LogP contribution in [0.4, 0.5) is 0 Å². The summed E-state index contributed by atoms with van der Waals surface area (Å²) in [5.41, 5.74) is -0.212. The lowest BCUT2D eigenvalue weighted by atomic mass is 10.2. The monoisotopic (exact) mass is 443 g/mol. The fourth-order valence-corrected chi connectivity index (χ4v) is 3.74. The normalized spacial score (nSPS) is 17.3. The molecule has 2 aliphatic rings. The molecule has 0 aromatic carbocycles. The molecule has 2 fully saturated rings. The van der Waals surface area contributed by atoms with E-state index in [1.807, 2.05) is 13.8 Å². The van der Waals surface area contributed by atoms with E-state index in [0.29, 0.717) is 30.9 Å². The number of aromatic hydroxyl groups is 1. The third-order valence-corrected chi connectivity index (χ3v) is 5.50. The van der Waals surface area contributed by atoms with Crippen molar-refractivity contribution < 1.29 is 19.5 Å². The number of carbonyl (C=O) groups excluding carboxylic acids is 2. The van der Waals surface area contributed by atoms with Gasteiger partial charge in [0.2, 0.25) is 5.88 Å². The van der Waals surface area contributed by atoms with E-state index in [9.17, 15) is 19.5 Å². The summed E-state index contributed by atoms with van der Waals surface area (Å²) < 4.78 is 2.62. The van der Waals surface area contributed by atoms with Crippen LogP contribution in [0.25, 0.3) is 11.7 Å². The molecule has 0 atom stereocenters. The Bertz CT molecular complexity index is 1100. The molecule has 2 aromatic rings. The molecule has 1 aliphatic heterocycles. The molecule has 0 unspecified atom stereocenters. The second-order valence-electron chi connectivity index (χ2n) is 8.76. The van der Waals surface area contributed by atoms with E-state index in [1.54, 1.807) is 6.08 Å². The standard InChI is InChI=1S/C22H29N5O5/c1-14(2)13-25-20-15(6-9-17(28)26-10-4-3-5-11-32-26)12-23-27(20)22(31)18(21(25)30)19(29)24-16-7-8-16/h6,9,12,14,16,30H,3-5,7-8,10-11,13H2,1-2H3,(H,24,29). The van der Waals surface area contributed by atoms with Crippen LogP contribution in [0.15, 0.2) is 17.1 Å². The van der Waals surface area contributed by atoms with Crippen LogP contribution < -0.4 is 10.9 Å². The van der Waals surface area contributed by atoms with E-state index in [4.69, 9.17) is 4.84 Å². The van der Waals surface area contributed by atoms with Crippen molar-refractivity contribution in [2.45, 2.75) is 58.5 Å². The van der Waals surface area contributed by atoms with E-state index >= 15 is 0 Å². The van der Waals surface area contributed by atoms with Gasteiger partial charge in [0.25, 0.3) is 17.4 Å². The van der Waals surface area contributed by atoms with Crippen LogP contribution in [-0.2, 0) is 16.2 Å². The Morgan fingerprint density at radius 2 is 2.09 bits per heavy atom. The SMILES string of the molecule is CC(C)Cn1c(O)c(C(=O)NC2CC2)c(=O)n2ncc(C=CC(=O)N3CCCCCO3)c12. The van der Waals surface area contributed by atoms with Crippen LogP contribution >= 0.6 is 0 Å². The third-order valence-electron chi connectivity index (χ3n) is 5.50. The van der Waals surface area contributed by atoms with E-state index in [1.165, 1.54) is 21.9 Å². The van der Waals surface area contributed by atoms with Crippen molar-refractivity contribution >= 4 is 23.5 Å². The Morgan fingerprint density at radius 3 is 2.81 bits per heavy atom. The minimum absolute atomic E-state index is 0.0406. The first-order chi connectivity index (χ1) is 15.4. The molecule has 1 aliphatic carbocycles. The minimum Gasteiger partial charge on any atom is -0.494 e. The van der Waals surface area contributed by atoms with Crippen LogP contribution in [0.5, 0.6) is 5.88 Å². The lowest BCUT2D eigenvalue weighted by Gasteiger charge is -2.17. The Hall–Kier alpha value is -3.14. The van der Waals surface area contributed by atoms with Crippen molar-refractivity contribution in [3.05, 3.63) is 33.8 Å². The summed E-state index contributed by atoms with van der Waals surface area (Å²) in [7, 11) is 0. The number of aromatic nitrogens is 3. The summed E-state index contributed by atoms with van der Waals surface area (Å²) in [4.78, 5) is 43.7. The zero-order valence-electron chi connectivity index (χ0n) is 18.4. The maximum atomic E-state index is 13.0. The zero-order chi connectivity index (χ0) is 22.8. The molecule has 0 spiro atoms. The lowest BCUT2D eigenvalue weighted by molar-refractivity contribution is -0.177. The van der Waals surface area contributed by atoms with Crippen molar-refractivity contribution in [3.8, 4) is 5.88 Å². The molecule has 10 nitrogen and oxygen atoms in total. The van der Waals surface area contributed by atoms with Gasteiger partial charge in [-0.2, -0.15) is 9.61 Å². The Morgan fingerprint density at radius 1 is 1.31 bits per heavy atom. The second kappa shape index (κ2) is 9.15. The van der Waals surface area contributed by atoms with Crippen molar-refractivity contribution in [1.82, 2.24) is 24.6 Å². The van der Waals surface area contributed by atoms with E-state index in [2.05, 4.69) is 10.4 Å². The Labute approximate surface area is 185 Å². The van der Waals surface area contributed by atoms with Crippen molar-refractivity contribution in [2.75, 3.05) is 13.2 Å². The van der Waals surface area contributed by atoms with Gasteiger partial charge >= 0.3 is 0 Å². The predicted octanol–water partition coefficient (Wildman–Crippen LogP) is 1.71. The van der Waals surface area contributed by atoms with Gasteiger partial charge in [-0.3, -0.25) is 23.8 Å². The van der Waals surface area contributed by atoms with Gasteiger partial charge < -0.3 is 10.4 Å². The quantitative estimate of drug-likeness (QED) is 0.656.